The molecule has 0 fully saturated rings. The molecule has 0 heterocycles. The van der Waals surface area contributed by atoms with E-state index in [1.54, 1.807) is 25.3 Å². The number of non-ortho nitro benzene ring substituents is 1. The second-order valence-electron chi connectivity index (χ2n) is 3.87. The zero-order valence-electron chi connectivity index (χ0n) is 10.6. The van der Waals surface area contributed by atoms with Gasteiger partial charge in [-0.25, -0.2) is 0 Å². The molecule has 0 spiro atoms. The van der Waals surface area contributed by atoms with E-state index >= 15 is 0 Å². The van der Waals surface area contributed by atoms with Gasteiger partial charge in [-0.15, -0.1) is 0 Å². The highest BCUT2D eigenvalue weighted by atomic mass is 16.6. The number of methoxy groups -OCH3 is 2. The molecule has 0 bridgehead atoms. The number of hydrogen-bond donors (Lipinski definition) is 0. The van der Waals surface area contributed by atoms with Crippen LogP contribution in [-0.2, 0) is 0 Å². The van der Waals surface area contributed by atoms with E-state index in [4.69, 9.17) is 9.47 Å². The minimum Gasteiger partial charge on any atom is -0.497 e. The molecular formula is C14H13NO4. The predicted molar refractivity (Wildman–Crippen MR) is 71.6 cm³/mol. The summed E-state index contributed by atoms with van der Waals surface area (Å²) in [5, 5.41) is 10.8. The second kappa shape index (κ2) is 5.39. The molecule has 0 N–H and O–H groups in total. The molecule has 98 valence electrons. The van der Waals surface area contributed by atoms with E-state index in [1.807, 2.05) is 12.1 Å². The van der Waals surface area contributed by atoms with Gasteiger partial charge in [0.25, 0.3) is 5.69 Å². The van der Waals surface area contributed by atoms with Crippen LogP contribution in [0.5, 0.6) is 11.5 Å². The Morgan fingerprint density at radius 3 is 2.21 bits per heavy atom. The van der Waals surface area contributed by atoms with Gasteiger partial charge in [-0.1, -0.05) is 12.1 Å². The van der Waals surface area contributed by atoms with Crippen molar-refractivity contribution in [3.05, 3.63) is 52.6 Å². The Bertz CT molecular complexity index is 593. The fourth-order valence-electron chi connectivity index (χ4n) is 1.81. The fourth-order valence-corrected chi connectivity index (χ4v) is 1.81. The van der Waals surface area contributed by atoms with Crippen LogP contribution < -0.4 is 9.47 Å². The van der Waals surface area contributed by atoms with E-state index in [1.165, 1.54) is 19.2 Å². The van der Waals surface area contributed by atoms with Gasteiger partial charge in [-0.2, -0.15) is 0 Å². The normalized spacial score (nSPS) is 10.0. The van der Waals surface area contributed by atoms with Crippen molar-refractivity contribution < 1.29 is 14.4 Å². The Morgan fingerprint density at radius 1 is 1.00 bits per heavy atom. The summed E-state index contributed by atoms with van der Waals surface area (Å²) in [4.78, 5) is 10.4. The Kier molecular flexibility index (Phi) is 3.66. The molecule has 0 saturated carbocycles. The minimum atomic E-state index is -0.424. The maximum atomic E-state index is 10.8. The quantitative estimate of drug-likeness (QED) is 0.624. The molecule has 0 aliphatic rings. The summed E-state index contributed by atoms with van der Waals surface area (Å²) in [5.41, 5.74) is 1.55. The summed E-state index contributed by atoms with van der Waals surface area (Å²) in [6, 6.07) is 11.8. The van der Waals surface area contributed by atoms with E-state index < -0.39 is 4.92 Å². The van der Waals surface area contributed by atoms with Crippen LogP contribution in [0.2, 0.25) is 0 Å². The SMILES string of the molecule is COc1ccc(-c2cc([N+](=O)[O-])ccc2OC)cc1. The lowest BCUT2D eigenvalue weighted by Gasteiger charge is -2.09. The van der Waals surface area contributed by atoms with Crippen molar-refractivity contribution in [1.29, 1.82) is 0 Å². The standard InChI is InChI=1S/C14H13NO4/c1-18-12-6-3-10(4-7-12)13-9-11(15(16)17)5-8-14(13)19-2/h3-9H,1-2H3. The fraction of sp³-hybridized carbons (Fsp3) is 0.143. The Labute approximate surface area is 110 Å². The van der Waals surface area contributed by atoms with E-state index in [9.17, 15) is 10.1 Å². The van der Waals surface area contributed by atoms with E-state index in [2.05, 4.69) is 0 Å². The molecule has 2 aromatic rings. The zero-order valence-corrected chi connectivity index (χ0v) is 10.6. The summed E-state index contributed by atoms with van der Waals surface area (Å²) >= 11 is 0. The first-order valence-corrected chi connectivity index (χ1v) is 5.62. The van der Waals surface area contributed by atoms with Crippen molar-refractivity contribution in [2.24, 2.45) is 0 Å². The third-order valence-corrected chi connectivity index (χ3v) is 2.79. The van der Waals surface area contributed by atoms with Gasteiger partial charge in [0.05, 0.1) is 19.1 Å². The van der Waals surface area contributed by atoms with Crippen LogP contribution in [0.15, 0.2) is 42.5 Å². The summed E-state index contributed by atoms with van der Waals surface area (Å²) in [5.74, 6) is 1.32. The topological polar surface area (TPSA) is 61.6 Å². The van der Waals surface area contributed by atoms with Crippen LogP contribution in [0, 0.1) is 10.1 Å². The predicted octanol–water partition coefficient (Wildman–Crippen LogP) is 3.28. The van der Waals surface area contributed by atoms with Crippen molar-refractivity contribution in [3.8, 4) is 22.6 Å². The van der Waals surface area contributed by atoms with E-state index in [0.717, 1.165) is 11.3 Å². The summed E-state index contributed by atoms with van der Waals surface area (Å²) < 4.78 is 10.3. The number of benzene rings is 2. The van der Waals surface area contributed by atoms with E-state index in [0.29, 0.717) is 11.3 Å². The summed E-state index contributed by atoms with van der Waals surface area (Å²) in [7, 11) is 3.12. The summed E-state index contributed by atoms with van der Waals surface area (Å²) in [6.45, 7) is 0. The zero-order chi connectivity index (χ0) is 13.8. The van der Waals surface area contributed by atoms with Gasteiger partial charge in [0.15, 0.2) is 0 Å². The molecule has 0 aliphatic carbocycles. The van der Waals surface area contributed by atoms with Gasteiger partial charge in [-0.3, -0.25) is 10.1 Å². The number of ether oxygens (including phenoxy) is 2. The van der Waals surface area contributed by atoms with Crippen LogP contribution in [0.4, 0.5) is 5.69 Å². The van der Waals surface area contributed by atoms with Crippen molar-refractivity contribution >= 4 is 5.69 Å². The molecule has 0 unspecified atom stereocenters. The molecule has 0 saturated heterocycles. The van der Waals surface area contributed by atoms with Crippen LogP contribution in [0.25, 0.3) is 11.1 Å². The van der Waals surface area contributed by atoms with Gasteiger partial charge in [0.1, 0.15) is 11.5 Å². The third-order valence-electron chi connectivity index (χ3n) is 2.79. The van der Waals surface area contributed by atoms with Crippen LogP contribution in [-0.4, -0.2) is 19.1 Å². The molecule has 0 radical (unpaired) electrons. The van der Waals surface area contributed by atoms with Gasteiger partial charge < -0.3 is 9.47 Å². The molecule has 19 heavy (non-hydrogen) atoms. The molecule has 0 amide bonds. The van der Waals surface area contributed by atoms with Gasteiger partial charge >= 0.3 is 0 Å². The Morgan fingerprint density at radius 2 is 1.68 bits per heavy atom. The first-order valence-electron chi connectivity index (χ1n) is 5.62. The average Bonchev–Trinajstić information content (AvgIpc) is 2.46. The van der Waals surface area contributed by atoms with Crippen molar-refractivity contribution in [1.82, 2.24) is 0 Å². The smallest absolute Gasteiger partial charge is 0.270 e. The van der Waals surface area contributed by atoms with Crippen LogP contribution in [0.1, 0.15) is 0 Å². The molecule has 2 rings (SSSR count). The number of hydrogen-bond acceptors (Lipinski definition) is 4. The molecule has 5 nitrogen and oxygen atoms in total. The average molecular weight is 259 g/mol. The lowest BCUT2D eigenvalue weighted by molar-refractivity contribution is -0.384. The highest BCUT2D eigenvalue weighted by Crippen LogP contribution is 2.33. The van der Waals surface area contributed by atoms with Crippen molar-refractivity contribution in [2.45, 2.75) is 0 Å². The number of nitrogens with zero attached hydrogens (tertiary/aromatic N) is 1. The number of rotatable bonds is 4. The minimum absolute atomic E-state index is 0.0339. The largest absolute Gasteiger partial charge is 0.497 e. The Hall–Kier alpha value is -2.56. The first-order chi connectivity index (χ1) is 9.15. The number of nitro benzene ring substituents is 1. The Balaban J connectivity index is 2.51. The maximum absolute atomic E-state index is 10.8. The van der Waals surface area contributed by atoms with Crippen molar-refractivity contribution in [2.75, 3.05) is 14.2 Å². The third kappa shape index (κ3) is 2.65. The highest BCUT2D eigenvalue weighted by molar-refractivity contribution is 5.73. The first kappa shape index (κ1) is 12.9. The molecule has 2 aromatic carbocycles. The molecule has 5 heteroatoms. The monoisotopic (exact) mass is 259 g/mol. The van der Waals surface area contributed by atoms with Gasteiger partial charge in [0, 0.05) is 17.7 Å². The molecule has 0 aromatic heterocycles. The number of nitro groups is 1. The lowest BCUT2D eigenvalue weighted by atomic mass is 10.0. The van der Waals surface area contributed by atoms with Gasteiger partial charge in [0.2, 0.25) is 0 Å². The molecule has 0 atom stereocenters. The van der Waals surface area contributed by atoms with Crippen LogP contribution in [0.3, 0.4) is 0 Å². The van der Waals surface area contributed by atoms with Crippen LogP contribution >= 0.6 is 0 Å². The maximum Gasteiger partial charge on any atom is 0.270 e. The van der Waals surface area contributed by atoms with Gasteiger partial charge in [-0.05, 0) is 23.8 Å². The van der Waals surface area contributed by atoms with E-state index in [-0.39, 0.29) is 5.69 Å². The van der Waals surface area contributed by atoms with Crippen molar-refractivity contribution in [3.63, 3.8) is 0 Å². The molecular weight excluding hydrogens is 246 g/mol. The molecule has 0 aliphatic heterocycles. The summed E-state index contributed by atoms with van der Waals surface area (Å²) in [6.07, 6.45) is 0. The lowest BCUT2D eigenvalue weighted by Crippen LogP contribution is -1.92. The second-order valence-corrected chi connectivity index (χ2v) is 3.87. The highest BCUT2D eigenvalue weighted by Gasteiger charge is 2.12.